The van der Waals surface area contributed by atoms with E-state index < -0.39 is 11.7 Å². The minimum absolute atomic E-state index is 0.0312. The summed E-state index contributed by atoms with van der Waals surface area (Å²) in [5.41, 5.74) is 6.03. The molecule has 0 unspecified atom stereocenters. The first-order chi connectivity index (χ1) is 7.66. The van der Waals surface area contributed by atoms with Crippen LogP contribution in [0.3, 0.4) is 0 Å². The Hall–Kier alpha value is -2.44. The van der Waals surface area contributed by atoms with Gasteiger partial charge in [-0.2, -0.15) is 5.10 Å². The highest BCUT2D eigenvalue weighted by atomic mass is 19.1. The Morgan fingerprint density at radius 3 is 3.00 bits per heavy atom. The molecule has 0 saturated carbocycles. The molecule has 82 valence electrons. The summed E-state index contributed by atoms with van der Waals surface area (Å²) in [6, 6.07) is 3.70. The van der Waals surface area contributed by atoms with Gasteiger partial charge in [0.15, 0.2) is 0 Å². The van der Waals surface area contributed by atoms with Crippen LogP contribution < -0.4 is 11.1 Å². The van der Waals surface area contributed by atoms with Crippen LogP contribution in [0.5, 0.6) is 0 Å². The second kappa shape index (κ2) is 3.97. The molecule has 1 amide bonds. The molecular weight excluding hydrogens is 213 g/mol. The summed E-state index contributed by atoms with van der Waals surface area (Å²) in [6.07, 6.45) is 1.20. The number of H-pyrrole nitrogens is 1. The standard InChI is InChI=1S/C9H8FN5O/c10-5-1-2-6(11)7(3-5)14-9(16)8-12-4-13-15-8/h1-4H,11H2,(H,14,16)(H,12,13,15). The van der Waals surface area contributed by atoms with E-state index in [0.29, 0.717) is 0 Å². The highest BCUT2D eigenvalue weighted by Gasteiger charge is 2.10. The Bertz CT molecular complexity index is 511. The van der Waals surface area contributed by atoms with E-state index in [9.17, 15) is 9.18 Å². The third kappa shape index (κ3) is 1.97. The third-order valence-electron chi connectivity index (χ3n) is 1.89. The Labute approximate surface area is 89.7 Å². The molecule has 16 heavy (non-hydrogen) atoms. The van der Waals surface area contributed by atoms with Crippen molar-refractivity contribution < 1.29 is 9.18 Å². The number of anilines is 2. The van der Waals surface area contributed by atoms with Crippen molar-refractivity contribution in [3.8, 4) is 0 Å². The van der Waals surface area contributed by atoms with Gasteiger partial charge < -0.3 is 11.1 Å². The van der Waals surface area contributed by atoms with Gasteiger partial charge in [-0.25, -0.2) is 9.37 Å². The first-order valence-electron chi connectivity index (χ1n) is 4.38. The normalized spacial score (nSPS) is 10.1. The van der Waals surface area contributed by atoms with E-state index in [4.69, 9.17) is 5.73 Å². The van der Waals surface area contributed by atoms with Gasteiger partial charge in [0.05, 0.1) is 11.4 Å². The largest absolute Gasteiger partial charge is 0.397 e. The van der Waals surface area contributed by atoms with Crippen LogP contribution in [0.4, 0.5) is 15.8 Å². The second-order valence-corrected chi connectivity index (χ2v) is 3.02. The van der Waals surface area contributed by atoms with Gasteiger partial charge in [0, 0.05) is 0 Å². The number of aromatic nitrogens is 3. The number of hydrogen-bond acceptors (Lipinski definition) is 4. The van der Waals surface area contributed by atoms with Gasteiger partial charge in [-0.3, -0.25) is 9.89 Å². The van der Waals surface area contributed by atoms with Gasteiger partial charge in [0.1, 0.15) is 12.1 Å². The van der Waals surface area contributed by atoms with E-state index in [-0.39, 0.29) is 17.2 Å². The maximum absolute atomic E-state index is 12.9. The van der Waals surface area contributed by atoms with Crippen LogP contribution in [0.15, 0.2) is 24.5 Å². The maximum atomic E-state index is 12.9. The van der Waals surface area contributed by atoms with E-state index in [1.165, 1.54) is 18.5 Å². The molecule has 0 saturated heterocycles. The fourth-order valence-electron chi connectivity index (χ4n) is 1.13. The monoisotopic (exact) mass is 221 g/mol. The predicted molar refractivity (Wildman–Crippen MR) is 55.1 cm³/mol. The molecule has 1 heterocycles. The summed E-state index contributed by atoms with van der Waals surface area (Å²) in [4.78, 5) is 15.2. The molecule has 0 spiro atoms. The molecule has 0 aliphatic rings. The van der Waals surface area contributed by atoms with Crippen molar-refractivity contribution in [1.82, 2.24) is 15.2 Å². The van der Waals surface area contributed by atoms with E-state index in [1.54, 1.807) is 0 Å². The molecule has 7 heteroatoms. The summed E-state index contributed by atoms with van der Waals surface area (Å²) < 4.78 is 12.9. The summed E-state index contributed by atoms with van der Waals surface area (Å²) in [6.45, 7) is 0. The number of carbonyl (C=O) groups is 1. The van der Waals surface area contributed by atoms with Crippen LogP contribution in [0.1, 0.15) is 10.6 Å². The number of benzene rings is 1. The van der Waals surface area contributed by atoms with Crippen LogP contribution in [0.25, 0.3) is 0 Å². The number of carbonyl (C=O) groups excluding carboxylic acids is 1. The van der Waals surface area contributed by atoms with Crippen molar-refractivity contribution in [3.63, 3.8) is 0 Å². The fraction of sp³-hybridized carbons (Fsp3) is 0. The van der Waals surface area contributed by atoms with Crippen LogP contribution in [0.2, 0.25) is 0 Å². The molecule has 0 aliphatic carbocycles. The number of nitrogens with zero attached hydrogens (tertiary/aromatic N) is 2. The highest BCUT2D eigenvalue weighted by Crippen LogP contribution is 2.19. The lowest BCUT2D eigenvalue weighted by Crippen LogP contribution is -2.15. The van der Waals surface area contributed by atoms with E-state index in [2.05, 4.69) is 20.5 Å². The smallest absolute Gasteiger partial charge is 0.293 e. The van der Waals surface area contributed by atoms with Gasteiger partial charge >= 0.3 is 0 Å². The Morgan fingerprint density at radius 1 is 1.50 bits per heavy atom. The fourth-order valence-corrected chi connectivity index (χ4v) is 1.13. The van der Waals surface area contributed by atoms with Crippen LogP contribution in [-0.4, -0.2) is 21.1 Å². The zero-order chi connectivity index (χ0) is 11.5. The lowest BCUT2D eigenvalue weighted by molar-refractivity contribution is 0.101. The molecule has 0 bridgehead atoms. The Morgan fingerprint density at radius 2 is 2.31 bits per heavy atom. The lowest BCUT2D eigenvalue weighted by Gasteiger charge is -2.06. The zero-order valence-electron chi connectivity index (χ0n) is 8.07. The average molecular weight is 221 g/mol. The molecule has 4 N–H and O–H groups in total. The van der Waals surface area contributed by atoms with Gasteiger partial charge in [-0.05, 0) is 18.2 Å². The minimum Gasteiger partial charge on any atom is -0.397 e. The number of nitrogens with two attached hydrogens (primary N) is 1. The molecule has 2 rings (SSSR count). The van der Waals surface area contributed by atoms with Gasteiger partial charge in [0.2, 0.25) is 5.82 Å². The number of aromatic amines is 1. The zero-order valence-corrected chi connectivity index (χ0v) is 8.07. The molecule has 0 fully saturated rings. The Kier molecular flexibility index (Phi) is 2.50. The van der Waals surface area contributed by atoms with Gasteiger partial charge in [0.25, 0.3) is 5.91 Å². The van der Waals surface area contributed by atoms with Crippen LogP contribution in [0, 0.1) is 5.82 Å². The van der Waals surface area contributed by atoms with Crippen LogP contribution >= 0.6 is 0 Å². The van der Waals surface area contributed by atoms with Crippen molar-refractivity contribution >= 4 is 17.3 Å². The third-order valence-corrected chi connectivity index (χ3v) is 1.89. The first-order valence-corrected chi connectivity index (χ1v) is 4.38. The van der Waals surface area contributed by atoms with E-state index in [1.807, 2.05) is 0 Å². The first kappa shape index (κ1) is 10.1. The van der Waals surface area contributed by atoms with E-state index in [0.717, 1.165) is 6.07 Å². The van der Waals surface area contributed by atoms with Crippen molar-refractivity contribution in [2.45, 2.75) is 0 Å². The Balaban J connectivity index is 2.21. The maximum Gasteiger partial charge on any atom is 0.293 e. The summed E-state index contributed by atoms with van der Waals surface area (Å²) in [7, 11) is 0. The molecule has 1 aromatic carbocycles. The van der Waals surface area contributed by atoms with Crippen molar-refractivity contribution in [1.29, 1.82) is 0 Å². The minimum atomic E-state index is -0.533. The van der Waals surface area contributed by atoms with Crippen molar-refractivity contribution in [3.05, 3.63) is 36.2 Å². The van der Waals surface area contributed by atoms with Gasteiger partial charge in [-0.15, -0.1) is 0 Å². The number of halogens is 1. The predicted octanol–water partition coefficient (Wildman–Crippen LogP) is 0.778. The van der Waals surface area contributed by atoms with E-state index >= 15 is 0 Å². The number of nitrogen functional groups attached to an aromatic ring is 1. The molecule has 0 aliphatic heterocycles. The summed E-state index contributed by atoms with van der Waals surface area (Å²) >= 11 is 0. The lowest BCUT2D eigenvalue weighted by atomic mass is 10.2. The number of rotatable bonds is 2. The molecule has 2 aromatic rings. The summed E-state index contributed by atoms with van der Waals surface area (Å²) in [5, 5.41) is 8.32. The molecule has 0 radical (unpaired) electrons. The van der Waals surface area contributed by atoms with Gasteiger partial charge in [-0.1, -0.05) is 0 Å². The SMILES string of the molecule is Nc1ccc(F)cc1NC(=O)c1ncn[nH]1. The number of amides is 1. The molecular formula is C9H8FN5O. The van der Waals surface area contributed by atoms with Crippen LogP contribution in [-0.2, 0) is 0 Å². The highest BCUT2D eigenvalue weighted by molar-refractivity contribution is 6.03. The number of hydrogen-bond donors (Lipinski definition) is 3. The number of nitrogens with one attached hydrogen (secondary N) is 2. The summed E-state index contributed by atoms with van der Waals surface area (Å²) in [5.74, 6) is -0.986. The van der Waals surface area contributed by atoms with Crippen molar-refractivity contribution in [2.24, 2.45) is 0 Å². The second-order valence-electron chi connectivity index (χ2n) is 3.02. The topological polar surface area (TPSA) is 96.7 Å². The molecule has 0 atom stereocenters. The quantitative estimate of drug-likeness (QED) is 0.653. The van der Waals surface area contributed by atoms with Crippen molar-refractivity contribution in [2.75, 3.05) is 11.1 Å². The molecule has 1 aromatic heterocycles. The average Bonchev–Trinajstić information content (AvgIpc) is 2.76. The molecule has 6 nitrogen and oxygen atoms in total.